The number of fused-ring (bicyclic) bond motifs is 1. The number of carbonyl (C=O) groups is 3. The van der Waals surface area contributed by atoms with Crippen molar-refractivity contribution in [2.24, 2.45) is 5.92 Å². The quantitative estimate of drug-likeness (QED) is 0.0748. The van der Waals surface area contributed by atoms with E-state index in [9.17, 15) is 23.5 Å². The van der Waals surface area contributed by atoms with Crippen molar-refractivity contribution < 1.29 is 32.7 Å². The van der Waals surface area contributed by atoms with Crippen LogP contribution in [0, 0.1) is 5.92 Å². The maximum absolute atomic E-state index is 13.0. The molecule has 3 amide bonds. The van der Waals surface area contributed by atoms with Gasteiger partial charge in [0.15, 0.2) is 5.76 Å². The third-order valence-electron chi connectivity index (χ3n) is 6.75. The lowest BCUT2D eigenvalue weighted by Crippen LogP contribution is -2.43. The molecule has 1 aromatic heterocycles. The van der Waals surface area contributed by atoms with Gasteiger partial charge in [-0.3, -0.25) is 28.3 Å². The molecule has 41 heavy (non-hydrogen) atoms. The minimum Gasteiger partial charge on any atom is -0.451 e. The Morgan fingerprint density at radius 1 is 1.12 bits per heavy atom. The van der Waals surface area contributed by atoms with Crippen LogP contribution in [0.2, 0.25) is 0 Å². The summed E-state index contributed by atoms with van der Waals surface area (Å²) in [5.74, 6) is -0.907. The van der Waals surface area contributed by atoms with Gasteiger partial charge in [0.05, 0.1) is 24.0 Å². The highest BCUT2D eigenvalue weighted by molar-refractivity contribution is 8.22. The van der Waals surface area contributed by atoms with Crippen LogP contribution < -0.4 is 15.4 Å². The molecule has 0 bridgehead atoms. The Balaban J connectivity index is 1.30. The molecule has 1 unspecified atom stereocenters. The first-order valence-corrected chi connectivity index (χ1v) is 15.1. The predicted molar refractivity (Wildman–Crippen MR) is 154 cm³/mol. The maximum Gasteiger partial charge on any atom is 0.288 e. The molecular weight excluding hydrogens is 548 g/mol. The van der Waals surface area contributed by atoms with Gasteiger partial charge in [-0.2, -0.15) is 0 Å². The Morgan fingerprint density at radius 3 is 2.68 bits per heavy atom. The summed E-state index contributed by atoms with van der Waals surface area (Å²) in [5, 5.41) is 6.48. The highest BCUT2D eigenvalue weighted by Crippen LogP contribution is 2.51. The van der Waals surface area contributed by atoms with Gasteiger partial charge in [-0.05, 0) is 35.7 Å². The normalized spacial score (nSPS) is 15.0. The second-order valence-electron chi connectivity index (χ2n) is 9.74. The van der Waals surface area contributed by atoms with E-state index < -0.39 is 22.6 Å². The number of unbranched alkanes of at least 4 members (excludes halogenated alkanes) is 2. The molecule has 0 aliphatic carbocycles. The topological polar surface area (TPSA) is 153 Å². The van der Waals surface area contributed by atoms with Crippen LogP contribution in [0.4, 0.5) is 0 Å². The lowest BCUT2D eigenvalue weighted by molar-refractivity contribution is -0.182. The first-order chi connectivity index (χ1) is 19.8. The van der Waals surface area contributed by atoms with E-state index in [0.29, 0.717) is 35.6 Å². The van der Waals surface area contributed by atoms with Gasteiger partial charge in [0, 0.05) is 12.1 Å². The highest BCUT2D eigenvalue weighted by atomic mass is 32.3. The van der Waals surface area contributed by atoms with Crippen LogP contribution in [0.5, 0.6) is 0 Å². The molecule has 2 heterocycles. The van der Waals surface area contributed by atoms with Crippen LogP contribution in [-0.2, 0) is 27.6 Å². The summed E-state index contributed by atoms with van der Waals surface area (Å²) in [6, 6.07) is 17.8. The average Bonchev–Trinajstić information content (AvgIpc) is 3.59. The first kappa shape index (κ1) is 30.3. The van der Waals surface area contributed by atoms with Crippen LogP contribution in [0.15, 0.2) is 70.0 Å². The molecule has 1 aliphatic heterocycles. The van der Waals surface area contributed by atoms with Gasteiger partial charge in [0.25, 0.3) is 5.91 Å². The van der Waals surface area contributed by atoms with Crippen molar-refractivity contribution in [3.63, 3.8) is 0 Å². The largest absolute Gasteiger partial charge is 0.451 e. The summed E-state index contributed by atoms with van der Waals surface area (Å²) < 4.78 is 28.7. The monoisotopic (exact) mass is 584 g/mol. The summed E-state index contributed by atoms with van der Waals surface area (Å²) >= 11 is 0. The Morgan fingerprint density at radius 2 is 1.93 bits per heavy atom. The van der Waals surface area contributed by atoms with Crippen LogP contribution in [0.1, 0.15) is 54.3 Å². The van der Waals surface area contributed by atoms with Gasteiger partial charge in [-0.1, -0.05) is 68.7 Å². The number of hydrogen-bond donors (Lipinski definition) is 5. The van der Waals surface area contributed by atoms with E-state index in [1.165, 1.54) is 6.07 Å². The lowest BCUT2D eigenvalue weighted by Gasteiger charge is -2.27. The summed E-state index contributed by atoms with van der Waals surface area (Å²) in [4.78, 5) is 43.3. The van der Waals surface area contributed by atoms with Crippen LogP contribution in [0.25, 0.3) is 11.3 Å². The number of nitrogens with zero attached hydrogens (tertiary/aromatic N) is 1. The van der Waals surface area contributed by atoms with Crippen molar-refractivity contribution in [2.45, 2.75) is 50.7 Å². The fourth-order valence-electron chi connectivity index (χ4n) is 4.45. The number of carbonyl (C=O) groups excluding carboxylic acids is 3. The van der Waals surface area contributed by atoms with Crippen molar-refractivity contribution in [1.29, 1.82) is 0 Å². The third kappa shape index (κ3) is 8.18. The van der Waals surface area contributed by atoms with Crippen molar-refractivity contribution in [1.82, 2.24) is 20.4 Å². The molecule has 0 radical (unpaired) electrons. The second-order valence-corrected chi connectivity index (χ2v) is 11.6. The fourth-order valence-corrected chi connectivity index (χ4v) is 5.76. The predicted octanol–water partition coefficient (Wildman–Crippen LogP) is 4.66. The molecule has 4 rings (SSSR count). The molecule has 0 fully saturated rings. The Bertz CT molecular complexity index is 1330. The molecule has 0 saturated heterocycles. The molecule has 11 nitrogen and oxygen atoms in total. The maximum atomic E-state index is 13.0. The smallest absolute Gasteiger partial charge is 0.288 e. The minimum absolute atomic E-state index is 0.0421. The zero-order valence-corrected chi connectivity index (χ0v) is 23.7. The molecule has 0 saturated carbocycles. The molecule has 3 aromatic rings. The molecular formula is C29H36N4O7S. The molecule has 12 heteroatoms. The zero-order valence-electron chi connectivity index (χ0n) is 22.9. The Kier molecular flexibility index (Phi) is 10.6. The van der Waals surface area contributed by atoms with Gasteiger partial charge in [-0.25, -0.2) is 9.79 Å². The van der Waals surface area contributed by atoms with E-state index in [-0.39, 0.29) is 31.5 Å². The van der Waals surface area contributed by atoms with Gasteiger partial charge >= 0.3 is 0 Å². The zero-order chi connectivity index (χ0) is 29.2. The number of hydrogen-bond acceptors (Lipinski definition) is 8. The number of furan rings is 1. The molecule has 1 atom stereocenters. The summed E-state index contributed by atoms with van der Waals surface area (Å²) in [6.07, 6.45) is 3.89. The fraction of sp³-hybridized carbons (Fsp3) is 0.345. The highest BCUT2D eigenvalue weighted by Gasteiger charge is 2.27. The summed E-state index contributed by atoms with van der Waals surface area (Å²) in [7, 11) is -3.05. The van der Waals surface area contributed by atoms with Crippen molar-refractivity contribution in [3.8, 4) is 11.3 Å². The van der Waals surface area contributed by atoms with Crippen molar-refractivity contribution in [3.05, 3.63) is 77.6 Å². The SMILES string of the molecule is CCCCCC(CN(C=O)OCc1ccccc1)C(=O)NCNC(=O)c1ccc(-c2ccc3c(c2)S(O)(O)NC3)o1. The average molecular weight is 585 g/mol. The number of benzene rings is 2. The van der Waals surface area contributed by atoms with Crippen molar-refractivity contribution >= 4 is 29.0 Å². The van der Waals surface area contributed by atoms with Crippen LogP contribution in [-0.4, -0.2) is 45.6 Å². The summed E-state index contributed by atoms with van der Waals surface area (Å²) in [6.45, 7) is 2.59. The number of hydroxylamine groups is 2. The third-order valence-corrected chi connectivity index (χ3v) is 8.29. The van der Waals surface area contributed by atoms with Crippen molar-refractivity contribution in [2.75, 3.05) is 13.2 Å². The van der Waals surface area contributed by atoms with E-state index in [0.717, 1.165) is 35.5 Å². The lowest BCUT2D eigenvalue weighted by atomic mass is 10.0. The van der Waals surface area contributed by atoms with Crippen LogP contribution >= 0.6 is 10.8 Å². The molecule has 0 spiro atoms. The van der Waals surface area contributed by atoms with Gasteiger partial charge in [0.2, 0.25) is 12.3 Å². The van der Waals surface area contributed by atoms with E-state index in [4.69, 9.17) is 9.25 Å². The molecule has 2 aromatic carbocycles. The van der Waals surface area contributed by atoms with Crippen LogP contribution in [0.3, 0.4) is 0 Å². The Labute approximate surface area is 240 Å². The molecule has 1 aliphatic rings. The van der Waals surface area contributed by atoms with Gasteiger partial charge in [0.1, 0.15) is 12.4 Å². The van der Waals surface area contributed by atoms with E-state index >= 15 is 0 Å². The van der Waals surface area contributed by atoms with E-state index in [1.54, 1.807) is 24.3 Å². The number of amides is 3. The second kappa shape index (κ2) is 14.3. The van der Waals surface area contributed by atoms with Gasteiger partial charge in [-0.15, -0.1) is 10.8 Å². The van der Waals surface area contributed by atoms with Gasteiger partial charge < -0.3 is 15.1 Å². The first-order valence-electron chi connectivity index (χ1n) is 13.5. The summed E-state index contributed by atoms with van der Waals surface area (Å²) in [5.41, 5.74) is 2.30. The Hall–Kier alpha value is -3.68. The standard InChI is InChI=1S/C29H36N4O7S/c1-2-3-5-10-24(17-33(20-34)39-18-21-8-6-4-7-9-21)28(35)30-19-31-29(36)26-14-13-25(40-26)22-11-12-23-16-32-41(37,38)27(23)15-22/h4,6-9,11-15,20,24,32,37-38H,2-3,5,10,16-19H2,1H3,(H,30,35)(H,31,36). The van der Waals surface area contributed by atoms with E-state index in [2.05, 4.69) is 22.3 Å². The molecule has 5 N–H and O–H groups in total. The van der Waals surface area contributed by atoms with E-state index in [1.807, 2.05) is 30.3 Å². The molecule has 220 valence electrons. The number of rotatable bonds is 15. The minimum atomic E-state index is -3.05. The number of nitrogens with one attached hydrogen (secondary N) is 3.